The average molecular weight is 279 g/mol. The topological polar surface area (TPSA) is 55.7 Å². The fourth-order valence-electron chi connectivity index (χ4n) is 1.73. The lowest BCUT2D eigenvalue weighted by atomic mass is 9.83. The number of nitrogens with zero attached hydrogens (tertiary/aromatic N) is 1. The molecule has 1 fully saturated rings. The van der Waals surface area contributed by atoms with Gasteiger partial charge in [-0.2, -0.15) is 8.42 Å². The van der Waals surface area contributed by atoms with E-state index in [1.165, 1.54) is 0 Å². The van der Waals surface area contributed by atoms with Gasteiger partial charge >= 0.3 is 0 Å². The van der Waals surface area contributed by atoms with Gasteiger partial charge in [0.25, 0.3) is 10.1 Å². The highest BCUT2D eigenvalue weighted by Crippen LogP contribution is 2.35. The summed E-state index contributed by atoms with van der Waals surface area (Å²) in [5.41, 5.74) is 0. The third-order valence-electron chi connectivity index (χ3n) is 2.90. The quantitative estimate of drug-likeness (QED) is 0.440. The van der Waals surface area contributed by atoms with E-state index in [0.717, 1.165) is 30.6 Å². The van der Waals surface area contributed by atoms with Crippen LogP contribution in [0, 0.1) is 5.92 Å². The van der Waals surface area contributed by atoms with Crippen LogP contribution in [0.15, 0.2) is 4.99 Å². The van der Waals surface area contributed by atoms with Gasteiger partial charge in [-0.05, 0) is 32.4 Å². The molecule has 1 atom stereocenters. The van der Waals surface area contributed by atoms with Crippen molar-refractivity contribution in [2.45, 2.75) is 45.3 Å². The van der Waals surface area contributed by atoms with Crippen LogP contribution in [0.25, 0.3) is 0 Å². The molecule has 0 heterocycles. The molecule has 0 amide bonds. The zero-order valence-electron chi connectivity index (χ0n) is 10.8. The van der Waals surface area contributed by atoms with Crippen LogP contribution >= 0.6 is 11.8 Å². The van der Waals surface area contributed by atoms with Crippen LogP contribution < -0.4 is 0 Å². The molecule has 4 nitrogen and oxygen atoms in total. The zero-order valence-corrected chi connectivity index (χ0v) is 12.5. The van der Waals surface area contributed by atoms with Crippen molar-refractivity contribution < 1.29 is 12.6 Å². The highest BCUT2D eigenvalue weighted by Gasteiger charge is 2.35. The second-order valence-electron chi connectivity index (χ2n) is 4.52. The second-order valence-corrected chi connectivity index (χ2v) is 6.95. The summed E-state index contributed by atoms with van der Waals surface area (Å²) < 4.78 is 26.8. The van der Waals surface area contributed by atoms with E-state index in [0.29, 0.717) is 12.0 Å². The van der Waals surface area contributed by atoms with Crippen molar-refractivity contribution >= 4 is 26.9 Å². The summed E-state index contributed by atoms with van der Waals surface area (Å²) in [7, 11) is -3.31. The molecule has 0 bridgehead atoms. The van der Waals surface area contributed by atoms with Crippen molar-refractivity contribution in [1.29, 1.82) is 0 Å². The van der Waals surface area contributed by atoms with E-state index in [4.69, 9.17) is 4.18 Å². The fourth-order valence-corrected chi connectivity index (χ4v) is 3.19. The van der Waals surface area contributed by atoms with Crippen LogP contribution in [0.4, 0.5) is 0 Å². The lowest BCUT2D eigenvalue weighted by molar-refractivity contribution is 0.103. The Morgan fingerprint density at radius 3 is 2.53 bits per heavy atom. The van der Waals surface area contributed by atoms with Crippen molar-refractivity contribution in [2.24, 2.45) is 10.9 Å². The van der Waals surface area contributed by atoms with Gasteiger partial charge in [0.15, 0.2) is 0 Å². The van der Waals surface area contributed by atoms with Gasteiger partial charge in [-0.1, -0.05) is 6.92 Å². The molecule has 0 N–H and O–H groups in total. The Labute approximate surface area is 108 Å². The van der Waals surface area contributed by atoms with Crippen LogP contribution in [0.5, 0.6) is 0 Å². The maximum atomic E-state index is 10.9. The van der Waals surface area contributed by atoms with E-state index in [2.05, 4.69) is 18.8 Å². The fraction of sp³-hybridized carbons (Fsp3) is 0.909. The maximum Gasteiger partial charge on any atom is 0.264 e. The van der Waals surface area contributed by atoms with Crippen molar-refractivity contribution in [2.75, 3.05) is 12.5 Å². The predicted octanol–water partition coefficient (Wildman–Crippen LogP) is 2.30. The summed E-state index contributed by atoms with van der Waals surface area (Å²) in [6, 6.07) is 0.340. The lowest BCUT2D eigenvalue weighted by Gasteiger charge is -2.34. The second kappa shape index (κ2) is 6.20. The molecular formula is C11H21NO3S2. The van der Waals surface area contributed by atoms with Crippen molar-refractivity contribution in [3.63, 3.8) is 0 Å². The summed E-state index contributed by atoms with van der Waals surface area (Å²) in [5.74, 6) is 0.380. The van der Waals surface area contributed by atoms with E-state index < -0.39 is 10.1 Å². The Balaban J connectivity index is 2.47. The monoisotopic (exact) mass is 279 g/mol. The predicted molar refractivity (Wildman–Crippen MR) is 73.1 cm³/mol. The molecule has 1 aliphatic carbocycles. The first-order valence-corrected chi connectivity index (χ1v) is 8.89. The molecular weight excluding hydrogens is 258 g/mol. The SMILES string of the molecule is CCC(C)N=C(SC)C1CC(OS(C)(=O)=O)C1. The molecule has 0 aromatic rings. The average Bonchev–Trinajstić information content (AvgIpc) is 2.18. The molecule has 17 heavy (non-hydrogen) atoms. The normalized spacial score (nSPS) is 27.6. The lowest BCUT2D eigenvalue weighted by Crippen LogP contribution is -2.37. The molecule has 0 spiro atoms. The van der Waals surface area contributed by atoms with Crippen LogP contribution in [0.3, 0.4) is 0 Å². The Bertz CT molecular complexity index is 372. The summed E-state index contributed by atoms with van der Waals surface area (Å²) in [5, 5.41) is 1.13. The maximum absolute atomic E-state index is 10.9. The van der Waals surface area contributed by atoms with Gasteiger partial charge in [-0.3, -0.25) is 9.18 Å². The van der Waals surface area contributed by atoms with Gasteiger partial charge < -0.3 is 0 Å². The Kier molecular flexibility index (Phi) is 5.47. The van der Waals surface area contributed by atoms with Gasteiger partial charge in [0.2, 0.25) is 0 Å². The molecule has 0 radical (unpaired) electrons. The van der Waals surface area contributed by atoms with Gasteiger partial charge in [-0.15, -0.1) is 11.8 Å². The molecule has 1 saturated carbocycles. The number of hydrogen-bond acceptors (Lipinski definition) is 5. The molecule has 0 aromatic heterocycles. The molecule has 0 saturated heterocycles. The smallest absolute Gasteiger partial charge is 0.264 e. The highest BCUT2D eigenvalue weighted by atomic mass is 32.2. The molecule has 1 unspecified atom stereocenters. The first kappa shape index (κ1) is 15.0. The molecule has 6 heteroatoms. The van der Waals surface area contributed by atoms with E-state index in [-0.39, 0.29) is 6.10 Å². The molecule has 0 aromatic carbocycles. The van der Waals surface area contributed by atoms with E-state index in [9.17, 15) is 8.42 Å². The Hall–Kier alpha value is -0.0700. The number of thioether (sulfide) groups is 1. The summed E-state index contributed by atoms with van der Waals surface area (Å²) >= 11 is 1.66. The van der Waals surface area contributed by atoms with Crippen LogP contribution in [0.1, 0.15) is 33.1 Å². The standard InChI is InChI=1S/C11H21NO3S2/c1-5-8(2)12-11(16-3)9-6-10(7-9)15-17(4,13)14/h8-10H,5-7H2,1-4H3. The summed E-state index contributed by atoms with van der Waals surface area (Å²) in [4.78, 5) is 4.64. The number of rotatable bonds is 5. The summed E-state index contributed by atoms with van der Waals surface area (Å²) in [6.45, 7) is 4.21. The van der Waals surface area contributed by atoms with Crippen molar-refractivity contribution in [1.82, 2.24) is 0 Å². The minimum atomic E-state index is -3.31. The first-order chi connectivity index (χ1) is 7.85. The molecule has 1 rings (SSSR count). The van der Waals surface area contributed by atoms with Gasteiger partial charge in [0.1, 0.15) is 0 Å². The highest BCUT2D eigenvalue weighted by molar-refractivity contribution is 8.13. The van der Waals surface area contributed by atoms with E-state index in [1.807, 2.05) is 6.26 Å². The minimum absolute atomic E-state index is 0.149. The Morgan fingerprint density at radius 2 is 2.12 bits per heavy atom. The van der Waals surface area contributed by atoms with Crippen LogP contribution in [-0.4, -0.2) is 38.1 Å². The van der Waals surface area contributed by atoms with Gasteiger partial charge in [0, 0.05) is 12.0 Å². The number of hydrogen-bond donors (Lipinski definition) is 0. The summed E-state index contributed by atoms with van der Waals surface area (Å²) in [6.07, 6.45) is 5.53. The van der Waals surface area contributed by atoms with Crippen LogP contribution in [0.2, 0.25) is 0 Å². The van der Waals surface area contributed by atoms with Gasteiger partial charge in [0.05, 0.1) is 17.4 Å². The van der Waals surface area contributed by atoms with Crippen molar-refractivity contribution in [3.8, 4) is 0 Å². The van der Waals surface area contributed by atoms with Crippen molar-refractivity contribution in [3.05, 3.63) is 0 Å². The largest absolute Gasteiger partial charge is 0.280 e. The molecule has 100 valence electrons. The van der Waals surface area contributed by atoms with E-state index >= 15 is 0 Å². The first-order valence-electron chi connectivity index (χ1n) is 5.85. The Morgan fingerprint density at radius 1 is 1.53 bits per heavy atom. The minimum Gasteiger partial charge on any atom is -0.280 e. The molecule has 1 aliphatic rings. The number of aliphatic imine (C=N–C) groups is 1. The van der Waals surface area contributed by atoms with E-state index in [1.54, 1.807) is 11.8 Å². The third-order valence-corrected chi connectivity index (χ3v) is 4.38. The molecule has 0 aliphatic heterocycles. The van der Waals surface area contributed by atoms with Crippen LogP contribution in [-0.2, 0) is 14.3 Å². The van der Waals surface area contributed by atoms with Gasteiger partial charge in [-0.25, -0.2) is 0 Å². The zero-order chi connectivity index (χ0) is 13.1. The third kappa shape index (κ3) is 4.97.